The van der Waals surface area contributed by atoms with Crippen LogP contribution < -0.4 is 10.6 Å². The van der Waals surface area contributed by atoms with Crippen molar-refractivity contribution in [3.05, 3.63) is 47.7 Å². The number of nitrogens with zero attached hydrogens (tertiary/aromatic N) is 1. The maximum absolute atomic E-state index is 12.5. The van der Waals surface area contributed by atoms with E-state index in [-0.39, 0.29) is 5.91 Å². The molecule has 4 nitrogen and oxygen atoms in total. The van der Waals surface area contributed by atoms with Crippen molar-refractivity contribution in [3.8, 4) is 0 Å². The number of anilines is 2. The van der Waals surface area contributed by atoms with Gasteiger partial charge in [-0.25, -0.2) is 0 Å². The SMILES string of the molecule is CCCc1cc(N)ccc1N1CC=CC=C(OC)C1=O. The largest absolute Gasteiger partial charge is 0.491 e. The molecule has 0 fully saturated rings. The average molecular weight is 272 g/mol. The fourth-order valence-electron chi connectivity index (χ4n) is 2.31. The van der Waals surface area contributed by atoms with E-state index in [0.29, 0.717) is 12.3 Å². The van der Waals surface area contributed by atoms with Crippen LogP contribution in [0.1, 0.15) is 18.9 Å². The zero-order valence-electron chi connectivity index (χ0n) is 11.9. The first-order valence-corrected chi connectivity index (χ1v) is 6.78. The summed E-state index contributed by atoms with van der Waals surface area (Å²) >= 11 is 0. The third-order valence-electron chi connectivity index (χ3n) is 3.26. The highest BCUT2D eigenvalue weighted by Gasteiger charge is 2.23. The molecule has 20 heavy (non-hydrogen) atoms. The van der Waals surface area contributed by atoms with E-state index in [2.05, 4.69) is 6.92 Å². The standard InChI is InChI=1S/C16H20N2O2/c1-3-6-12-11-13(17)8-9-14(12)18-10-5-4-7-15(20-2)16(18)19/h4-5,7-9,11H,3,6,10,17H2,1-2H3. The van der Waals surface area contributed by atoms with Gasteiger partial charge in [-0.1, -0.05) is 25.5 Å². The third kappa shape index (κ3) is 2.85. The summed E-state index contributed by atoms with van der Waals surface area (Å²) in [7, 11) is 1.51. The molecule has 2 N–H and O–H groups in total. The van der Waals surface area contributed by atoms with Crippen LogP contribution in [0.2, 0.25) is 0 Å². The van der Waals surface area contributed by atoms with E-state index in [1.54, 1.807) is 11.0 Å². The summed E-state index contributed by atoms with van der Waals surface area (Å²) in [6.45, 7) is 2.64. The predicted octanol–water partition coefficient (Wildman–Crippen LogP) is 2.65. The number of hydrogen-bond acceptors (Lipinski definition) is 3. The summed E-state index contributed by atoms with van der Waals surface area (Å²) < 4.78 is 5.15. The van der Waals surface area contributed by atoms with Crippen molar-refractivity contribution in [2.45, 2.75) is 19.8 Å². The Balaban J connectivity index is 2.42. The quantitative estimate of drug-likeness (QED) is 0.857. The molecule has 0 saturated heterocycles. The van der Waals surface area contributed by atoms with Gasteiger partial charge in [0.15, 0.2) is 5.76 Å². The lowest BCUT2D eigenvalue weighted by atomic mass is 10.1. The van der Waals surface area contributed by atoms with Crippen LogP contribution >= 0.6 is 0 Å². The van der Waals surface area contributed by atoms with Crippen LogP contribution in [-0.2, 0) is 16.0 Å². The van der Waals surface area contributed by atoms with Crippen LogP contribution in [0.3, 0.4) is 0 Å². The normalized spacial score (nSPS) is 15.0. The Morgan fingerprint density at radius 2 is 2.20 bits per heavy atom. The van der Waals surface area contributed by atoms with E-state index in [1.165, 1.54) is 7.11 Å². The molecular formula is C16H20N2O2. The van der Waals surface area contributed by atoms with Gasteiger partial charge >= 0.3 is 0 Å². The van der Waals surface area contributed by atoms with Crippen LogP contribution in [0.15, 0.2) is 42.2 Å². The van der Waals surface area contributed by atoms with Gasteiger partial charge in [-0.2, -0.15) is 0 Å². The van der Waals surface area contributed by atoms with Gasteiger partial charge in [0, 0.05) is 17.9 Å². The maximum Gasteiger partial charge on any atom is 0.293 e. The smallest absolute Gasteiger partial charge is 0.293 e. The van der Waals surface area contributed by atoms with Crippen LogP contribution in [0.4, 0.5) is 11.4 Å². The van der Waals surface area contributed by atoms with E-state index in [9.17, 15) is 4.79 Å². The molecule has 1 aromatic carbocycles. The Labute approximate surface area is 119 Å². The van der Waals surface area contributed by atoms with Crippen LogP contribution in [-0.4, -0.2) is 19.6 Å². The maximum atomic E-state index is 12.5. The molecule has 1 aliphatic rings. The third-order valence-corrected chi connectivity index (χ3v) is 3.26. The fraction of sp³-hybridized carbons (Fsp3) is 0.312. The Kier molecular flexibility index (Phi) is 4.45. The average Bonchev–Trinajstić information content (AvgIpc) is 2.61. The second kappa shape index (κ2) is 6.28. The Morgan fingerprint density at radius 1 is 1.40 bits per heavy atom. The number of nitrogens with two attached hydrogens (primary N) is 1. The summed E-state index contributed by atoms with van der Waals surface area (Å²) in [5.41, 5.74) is 8.57. The lowest BCUT2D eigenvalue weighted by Crippen LogP contribution is -2.33. The first-order valence-electron chi connectivity index (χ1n) is 6.78. The number of hydrogen-bond donors (Lipinski definition) is 1. The van der Waals surface area contributed by atoms with Gasteiger partial charge in [-0.05, 0) is 36.3 Å². The molecule has 1 aromatic rings. The molecule has 106 valence electrons. The second-order valence-electron chi connectivity index (χ2n) is 4.72. The molecule has 4 heteroatoms. The predicted molar refractivity (Wildman–Crippen MR) is 81.4 cm³/mol. The Hall–Kier alpha value is -2.23. The van der Waals surface area contributed by atoms with Crippen molar-refractivity contribution in [3.63, 3.8) is 0 Å². The summed E-state index contributed by atoms with van der Waals surface area (Å²) in [4.78, 5) is 14.2. The molecule has 1 aliphatic heterocycles. The lowest BCUT2D eigenvalue weighted by Gasteiger charge is -2.24. The summed E-state index contributed by atoms with van der Waals surface area (Å²) in [6.07, 6.45) is 7.36. The number of carbonyl (C=O) groups is 1. The molecule has 0 saturated carbocycles. The number of benzene rings is 1. The molecule has 0 atom stereocenters. The number of aryl methyl sites for hydroxylation is 1. The second-order valence-corrected chi connectivity index (χ2v) is 4.72. The molecule has 0 unspecified atom stereocenters. The highest BCUT2D eigenvalue weighted by Crippen LogP contribution is 2.26. The zero-order chi connectivity index (χ0) is 14.5. The first-order chi connectivity index (χ1) is 9.67. The minimum atomic E-state index is -0.125. The van der Waals surface area contributed by atoms with Crippen molar-refractivity contribution < 1.29 is 9.53 Å². The van der Waals surface area contributed by atoms with E-state index in [0.717, 1.165) is 29.8 Å². The number of carbonyl (C=O) groups excluding carboxylic acids is 1. The van der Waals surface area contributed by atoms with Gasteiger partial charge in [-0.15, -0.1) is 0 Å². The Morgan fingerprint density at radius 3 is 2.90 bits per heavy atom. The van der Waals surface area contributed by atoms with Gasteiger partial charge in [0.05, 0.1) is 7.11 Å². The highest BCUT2D eigenvalue weighted by atomic mass is 16.5. The van der Waals surface area contributed by atoms with Crippen molar-refractivity contribution in [1.29, 1.82) is 0 Å². The number of rotatable bonds is 4. The van der Waals surface area contributed by atoms with Crippen molar-refractivity contribution in [2.24, 2.45) is 0 Å². The molecule has 0 aromatic heterocycles. The number of nitrogen functional groups attached to an aromatic ring is 1. The van der Waals surface area contributed by atoms with Gasteiger partial charge in [-0.3, -0.25) is 4.79 Å². The number of amides is 1. The summed E-state index contributed by atoms with van der Waals surface area (Å²) in [6, 6.07) is 5.67. The number of methoxy groups -OCH3 is 1. The lowest BCUT2D eigenvalue weighted by molar-refractivity contribution is -0.117. The molecule has 1 amide bonds. The van der Waals surface area contributed by atoms with Gasteiger partial charge < -0.3 is 15.4 Å². The molecule has 2 rings (SSSR count). The monoisotopic (exact) mass is 272 g/mol. The van der Waals surface area contributed by atoms with E-state index < -0.39 is 0 Å². The van der Waals surface area contributed by atoms with E-state index >= 15 is 0 Å². The molecule has 0 radical (unpaired) electrons. The fourth-order valence-corrected chi connectivity index (χ4v) is 2.31. The molecule has 0 spiro atoms. The zero-order valence-corrected chi connectivity index (χ0v) is 11.9. The van der Waals surface area contributed by atoms with E-state index in [4.69, 9.17) is 10.5 Å². The van der Waals surface area contributed by atoms with Crippen molar-refractivity contribution in [2.75, 3.05) is 24.3 Å². The number of ether oxygens (including phenoxy) is 1. The molecular weight excluding hydrogens is 252 g/mol. The summed E-state index contributed by atoms with van der Waals surface area (Å²) in [5.74, 6) is 0.220. The minimum Gasteiger partial charge on any atom is -0.491 e. The van der Waals surface area contributed by atoms with Crippen LogP contribution in [0, 0.1) is 0 Å². The first kappa shape index (κ1) is 14.2. The summed E-state index contributed by atoms with van der Waals surface area (Å²) in [5, 5.41) is 0. The minimum absolute atomic E-state index is 0.125. The topological polar surface area (TPSA) is 55.6 Å². The molecule has 1 heterocycles. The molecule has 0 bridgehead atoms. The van der Waals surface area contributed by atoms with Gasteiger partial charge in [0.1, 0.15) is 0 Å². The van der Waals surface area contributed by atoms with Crippen molar-refractivity contribution >= 4 is 17.3 Å². The highest BCUT2D eigenvalue weighted by molar-refractivity contribution is 6.05. The van der Waals surface area contributed by atoms with E-state index in [1.807, 2.05) is 30.4 Å². The van der Waals surface area contributed by atoms with Crippen LogP contribution in [0.5, 0.6) is 0 Å². The van der Waals surface area contributed by atoms with Crippen molar-refractivity contribution in [1.82, 2.24) is 0 Å². The van der Waals surface area contributed by atoms with Crippen LogP contribution in [0.25, 0.3) is 0 Å². The number of allylic oxidation sites excluding steroid dienone is 2. The van der Waals surface area contributed by atoms with Gasteiger partial charge in [0.25, 0.3) is 5.91 Å². The molecule has 0 aliphatic carbocycles. The Bertz CT molecular complexity index is 562. The van der Waals surface area contributed by atoms with Gasteiger partial charge in [0.2, 0.25) is 0 Å².